The van der Waals surface area contributed by atoms with Crippen molar-refractivity contribution in [1.29, 1.82) is 0 Å². The van der Waals surface area contributed by atoms with Crippen LogP contribution in [-0.4, -0.2) is 30.1 Å². The Hall–Kier alpha value is -2.82. The maximum atomic E-state index is 12.2. The molecule has 126 valence electrons. The molecule has 1 atom stereocenters. The number of amides is 1. The Labute approximate surface area is 141 Å². The molecule has 0 saturated carbocycles. The van der Waals surface area contributed by atoms with Gasteiger partial charge in [-0.3, -0.25) is 4.79 Å². The molecule has 1 unspecified atom stereocenters. The predicted octanol–water partition coefficient (Wildman–Crippen LogP) is 2.14. The minimum atomic E-state index is -0.766. The third-order valence-corrected chi connectivity index (χ3v) is 3.68. The van der Waals surface area contributed by atoms with E-state index in [1.807, 2.05) is 31.2 Å². The van der Waals surface area contributed by atoms with E-state index >= 15 is 0 Å². The second-order valence-corrected chi connectivity index (χ2v) is 5.68. The summed E-state index contributed by atoms with van der Waals surface area (Å²) in [4.78, 5) is 24.1. The zero-order valence-corrected chi connectivity index (χ0v) is 13.8. The largest absolute Gasteiger partial charge is 0.508 e. The number of phenolic OH excluding ortho intramolecular Hbond substituents is 1. The predicted molar refractivity (Wildman–Crippen MR) is 90.6 cm³/mol. The highest BCUT2D eigenvalue weighted by Crippen LogP contribution is 2.12. The number of aryl methyl sites for hydroxylation is 1. The fourth-order valence-corrected chi connectivity index (χ4v) is 2.34. The minimum absolute atomic E-state index is 0.150. The Bertz CT molecular complexity index is 692. The van der Waals surface area contributed by atoms with Crippen molar-refractivity contribution in [2.24, 2.45) is 0 Å². The lowest BCUT2D eigenvalue weighted by molar-refractivity contribution is -0.145. The van der Waals surface area contributed by atoms with Crippen LogP contribution in [0.1, 0.15) is 16.7 Å². The van der Waals surface area contributed by atoms with Gasteiger partial charge in [0.15, 0.2) is 0 Å². The summed E-state index contributed by atoms with van der Waals surface area (Å²) in [5.41, 5.74) is 2.82. The molecule has 0 radical (unpaired) electrons. The molecule has 0 saturated heterocycles. The van der Waals surface area contributed by atoms with E-state index in [2.05, 4.69) is 5.32 Å². The van der Waals surface area contributed by atoms with Crippen molar-refractivity contribution in [2.45, 2.75) is 25.8 Å². The molecule has 0 aliphatic heterocycles. The molecule has 2 rings (SSSR count). The van der Waals surface area contributed by atoms with Crippen LogP contribution >= 0.6 is 0 Å². The molecule has 0 bridgehead atoms. The van der Waals surface area contributed by atoms with Crippen LogP contribution in [0, 0.1) is 6.92 Å². The van der Waals surface area contributed by atoms with Crippen LogP contribution in [0.5, 0.6) is 5.75 Å². The van der Waals surface area contributed by atoms with E-state index in [0.29, 0.717) is 6.42 Å². The summed E-state index contributed by atoms with van der Waals surface area (Å²) in [7, 11) is 1.29. The fourth-order valence-electron chi connectivity index (χ4n) is 2.34. The van der Waals surface area contributed by atoms with E-state index in [9.17, 15) is 14.7 Å². The smallest absolute Gasteiger partial charge is 0.328 e. The van der Waals surface area contributed by atoms with E-state index in [1.165, 1.54) is 19.2 Å². The number of carbonyl (C=O) groups excluding carboxylic acids is 2. The van der Waals surface area contributed by atoms with Gasteiger partial charge in [-0.25, -0.2) is 4.79 Å². The zero-order valence-electron chi connectivity index (χ0n) is 13.8. The summed E-state index contributed by atoms with van der Waals surface area (Å²) in [5.74, 6) is -0.592. The fraction of sp³-hybridized carbons (Fsp3) is 0.263. The highest BCUT2D eigenvalue weighted by atomic mass is 16.5. The maximum Gasteiger partial charge on any atom is 0.328 e. The molecular weight excluding hydrogens is 306 g/mol. The van der Waals surface area contributed by atoms with Gasteiger partial charge < -0.3 is 15.2 Å². The Morgan fingerprint density at radius 2 is 1.62 bits per heavy atom. The van der Waals surface area contributed by atoms with E-state index < -0.39 is 12.0 Å². The summed E-state index contributed by atoms with van der Waals surface area (Å²) < 4.78 is 4.77. The number of hydrogen-bond donors (Lipinski definition) is 2. The third kappa shape index (κ3) is 5.12. The SMILES string of the molecule is COC(=O)C(Cc1ccc(O)cc1)NC(=O)Cc1ccc(C)cc1. The summed E-state index contributed by atoms with van der Waals surface area (Å²) in [5, 5.41) is 12.0. The number of esters is 1. The van der Waals surface area contributed by atoms with Crippen LogP contribution in [0.2, 0.25) is 0 Å². The van der Waals surface area contributed by atoms with Crippen molar-refractivity contribution in [1.82, 2.24) is 5.32 Å². The Balaban J connectivity index is 2.02. The number of nitrogens with one attached hydrogen (secondary N) is 1. The zero-order chi connectivity index (χ0) is 17.5. The molecule has 2 aromatic carbocycles. The quantitative estimate of drug-likeness (QED) is 0.797. The summed E-state index contributed by atoms with van der Waals surface area (Å²) >= 11 is 0. The van der Waals surface area contributed by atoms with Gasteiger partial charge in [0.25, 0.3) is 0 Å². The van der Waals surface area contributed by atoms with Gasteiger partial charge in [-0.2, -0.15) is 0 Å². The second kappa shape index (κ2) is 8.15. The first kappa shape index (κ1) is 17.5. The lowest BCUT2D eigenvalue weighted by atomic mass is 10.0. The number of benzene rings is 2. The Kier molecular flexibility index (Phi) is 5.95. The number of methoxy groups -OCH3 is 1. The second-order valence-electron chi connectivity index (χ2n) is 5.68. The highest BCUT2D eigenvalue weighted by Gasteiger charge is 2.22. The Morgan fingerprint density at radius 1 is 1.04 bits per heavy atom. The van der Waals surface area contributed by atoms with Crippen molar-refractivity contribution < 1.29 is 19.4 Å². The first-order valence-electron chi connectivity index (χ1n) is 7.68. The van der Waals surface area contributed by atoms with Crippen molar-refractivity contribution in [3.8, 4) is 5.75 Å². The van der Waals surface area contributed by atoms with Crippen LogP contribution in [0.3, 0.4) is 0 Å². The van der Waals surface area contributed by atoms with E-state index in [1.54, 1.807) is 12.1 Å². The minimum Gasteiger partial charge on any atom is -0.508 e. The highest BCUT2D eigenvalue weighted by molar-refractivity contribution is 5.85. The van der Waals surface area contributed by atoms with Crippen LogP contribution in [0.25, 0.3) is 0 Å². The Morgan fingerprint density at radius 3 is 2.21 bits per heavy atom. The molecule has 0 heterocycles. The van der Waals surface area contributed by atoms with Crippen molar-refractivity contribution >= 4 is 11.9 Å². The monoisotopic (exact) mass is 327 g/mol. The molecular formula is C19H21NO4. The number of hydrogen-bond acceptors (Lipinski definition) is 4. The van der Waals surface area contributed by atoms with Gasteiger partial charge in [-0.05, 0) is 30.2 Å². The van der Waals surface area contributed by atoms with Gasteiger partial charge in [0.05, 0.1) is 13.5 Å². The van der Waals surface area contributed by atoms with Crippen molar-refractivity contribution in [3.63, 3.8) is 0 Å². The third-order valence-electron chi connectivity index (χ3n) is 3.68. The maximum absolute atomic E-state index is 12.2. The number of phenols is 1. The molecule has 5 nitrogen and oxygen atoms in total. The topological polar surface area (TPSA) is 75.6 Å². The van der Waals surface area contributed by atoms with Gasteiger partial charge in [-0.15, -0.1) is 0 Å². The molecule has 2 N–H and O–H groups in total. The first-order chi connectivity index (χ1) is 11.5. The summed E-state index contributed by atoms with van der Waals surface area (Å²) in [6.45, 7) is 1.98. The van der Waals surface area contributed by atoms with E-state index in [0.717, 1.165) is 16.7 Å². The van der Waals surface area contributed by atoms with E-state index in [-0.39, 0.29) is 18.1 Å². The van der Waals surface area contributed by atoms with Gasteiger partial charge >= 0.3 is 5.97 Å². The van der Waals surface area contributed by atoms with E-state index in [4.69, 9.17) is 4.74 Å². The molecule has 0 fully saturated rings. The van der Waals surface area contributed by atoms with Gasteiger partial charge in [0.1, 0.15) is 11.8 Å². The van der Waals surface area contributed by atoms with Gasteiger partial charge in [0.2, 0.25) is 5.91 Å². The van der Waals surface area contributed by atoms with Crippen LogP contribution in [0.4, 0.5) is 0 Å². The molecule has 0 aromatic heterocycles. The number of carbonyl (C=O) groups is 2. The number of aromatic hydroxyl groups is 1. The number of rotatable bonds is 6. The normalized spacial score (nSPS) is 11.6. The number of ether oxygens (including phenoxy) is 1. The molecule has 5 heteroatoms. The molecule has 24 heavy (non-hydrogen) atoms. The van der Waals surface area contributed by atoms with Crippen molar-refractivity contribution in [2.75, 3.05) is 7.11 Å². The standard InChI is InChI=1S/C19H21NO4/c1-13-3-5-15(6-4-13)12-18(22)20-17(19(23)24-2)11-14-7-9-16(21)10-8-14/h3-10,17,21H,11-12H2,1-2H3,(H,20,22). The average Bonchev–Trinajstić information content (AvgIpc) is 2.57. The van der Waals surface area contributed by atoms with Crippen LogP contribution in [-0.2, 0) is 27.2 Å². The average molecular weight is 327 g/mol. The first-order valence-corrected chi connectivity index (χ1v) is 7.68. The lowest BCUT2D eigenvalue weighted by Crippen LogP contribution is -2.43. The molecule has 1 amide bonds. The van der Waals surface area contributed by atoms with Gasteiger partial charge in [0, 0.05) is 6.42 Å². The van der Waals surface area contributed by atoms with Crippen LogP contribution in [0.15, 0.2) is 48.5 Å². The van der Waals surface area contributed by atoms with Crippen molar-refractivity contribution in [3.05, 3.63) is 65.2 Å². The molecule has 0 spiro atoms. The van der Waals surface area contributed by atoms with Gasteiger partial charge in [-0.1, -0.05) is 42.0 Å². The molecule has 0 aliphatic rings. The lowest BCUT2D eigenvalue weighted by Gasteiger charge is -2.17. The molecule has 2 aromatic rings. The molecule has 0 aliphatic carbocycles. The van der Waals surface area contributed by atoms with Crippen LogP contribution < -0.4 is 5.32 Å². The summed E-state index contributed by atoms with van der Waals surface area (Å²) in [6, 6.07) is 13.4. The summed E-state index contributed by atoms with van der Waals surface area (Å²) in [6.07, 6.45) is 0.496.